The number of nitrogens with zero attached hydrogens (tertiary/aromatic N) is 3. The summed E-state index contributed by atoms with van der Waals surface area (Å²) < 4.78 is 0. The highest BCUT2D eigenvalue weighted by molar-refractivity contribution is 6.07. The van der Waals surface area contributed by atoms with Gasteiger partial charge in [-0.15, -0.1) is 0 Å². The van der Waals surface area contributed by atoms with Crippen molar-refractivity contribution < 1.29 is 9.59 Å². The standard InChI is InChI=1S/C22H20N4O2/c1-15(27)25-20-8-4-9-21-18(20)6-5-11-26(21)22(28)17-12-16(13-23-14-17)19-7-2-3-10-24-19/h2-4,7-10,12-14H,5-6,11H2,1H3,(H,25,27). The van der Waals surface area contributed by atoms with E-state index in [0.717, 1.165) is 41.0 Å². The maximum atomic E-state index is 13.3. The fourth-order valence-corrected chi connectivity index (χ4v) is 3.53. The van der Waals surface area contributed by atoms with Crippen molar-refractivity contribution in [2.24, 2.45) is 0 Å². The van der Waals surface area contributed by atoms with E-state index >= 15 is 0 Å². The van der Waals surface area contributed by atoms with Gasteiger partial charge in [-0.2, -0.15) is 0 Å². The molecule has 0 spiro atoms. The van der Waals surface area contributed by atoms with E-state index in [2.05, 4.69) is 15.3 Å². The molecule has 3 heterocycles. The van der Waals surface area contributed by atoms with Crippen molar-refractivity contribution in [3.8, 4) is 11.3 Å². The number of carbonyl (C=O) groups excluding carboxylic acids is 2. The van der Waals surface area contributed by atoms with E-state index in [-0.39, 0.29) is 11.8 Å². The number of carbonyl (C=O) groups is 2. The fourth-order valence-electron chi connectivity index (χ4n) is 3.53. The zero-order chi connectivity index (χ0) is 19.5. The summed E-state index contributed by atoms with van der Waals surface area (Å²) in [4.78, 5) is 35.1. The van der Waals surface area contributed by atoms with Crippen LogP contribution in [0.1, 0.15) is 29.3 Å². The summed E-state index contributed by atoms with van der Waals surface area (Å²) in [5.74, 6) is -0.227. The van der Waals surface area contributed by atoms with Crippen LogP contribution in [0.15, 0.2) is 61.1 Å². The van der Waals surface area contributed by atoms with Crippen LogP contribution in [0.3, 0.4) is 0 Å². The van der Waals surface area contributed by atoms with Gasteiger partial charge in [0.25, 0.3) is 5.91 Å². The zero-order valence-electron chi connectivity index (χ0n) is 15.6. The summed E-state index contributed by atoms with van der Waals surface area (Å²) in [5.41, 5.74) is 4.69. The number of benzene rings is 1. The smallest absolute Gasteiger partial charge is 0.259 e. The molecule has 1 aliphatic rings. The molecule has 0 saturated heterocycles. The second kappa shape index (κ2) is 7.60. The van der Waals surface area contributed by atoms with Gasteiger partial charge in [-0.05, 0) is 48.7 Å². The van der Waals surface area contributed by atoms with Crippen LogP contribution in [0.25, 0.3) is 11.3 Å². The van der Waals surface area contributed by atoms with Crippen molar-refractivity contribution in [3.63, 3.8) is 0 Å². The average molecular weight is 372 g/mol. The highest BCUT2D eigenvalue weighted by atomic mass is 16.2. The Labute approximate surface area is 163 Å². The first-order valence-electron chi connectivity index (χ1n) is 9.21. The summed E-state index contributed by atoms with van der Waals surface area (Å²) in [7, 11) is 0. The first kappa shape index (κ1) is 17.9. The molecule has 3 aromatic rings. The summed E-state index contributed by atoms with van der Waals surface area (Å²) >= 11 is 0. The molecule has 4 rings (SSSR count). The van der Waals surface area contributed by atoms with Gasteiger partial charge in [0.2, 0.25) is 5.91 Å². The van der Waals surface area contributed by atoms with Gasteiger partial charge >= 0.3 is 0 Å². The maximum Gasteiger partial charge on any atom is 0.259 e. The Kier molecular flexibility index (Phi) is 4.85. The van der Waals surface area contributed by atoms with E-state index in [1.54, 1.807) is 23.5 Å². The Morgan fingerprint density at radius 3 is 2.79 bits per heavy atom. The topological polar surface area (TPSA) is 75.2 Å². The number of nitrogens with one attached hydrogen (secondary N) is 1. The molecule has 2 aromatic heterocycles. The lowest BCUT2D eigenvalue weighted by molar-refractivity contribution is -0.114. The first-order chi connectivity index (χ1) is 13.6. The van der Waals surface area contributed by atoms with Gasteiger partial charge in [0.05, 0.1) is 11.3 Å². The summed E-state index contributed by atoms with van der Waals surface area (Å²) in [6.45, 7) is 2.11. The molecule has 1 aliphatic heterocycles. The van der Waals surface area contributed by atoms with Crippen LogP contribution < -0.4 is 10.2 Å². The van der Waals surface area contributed by atoms with Crippen molar-refractivity contribution in [1.29, 1.82) is 0 Å². The number of hydrogen-bond acceptors (Lipinski definition) is 4. The molecule has 0 fully saturated rings. The number of rotatable bonds is 3. The molecule has 0 bridgehead atoms. The molecule has 140 valence electrons. The molecule has 0 unspecified atom stereocenters. The lowest BCUT2D eigenvalue weighted by Crippen LogP contribution is -2.36. The number of fused-ring (bicyclic) bond motifs is 1. The maximum absolute atomic E-state index is 13.3. The van der Waals surface area contributed by atoms with Crippen molar-refractivity contribution in [3.05, 3.63) is 72.2 Å². The molecular weight excluding hydrogens is 352 g/mol. The number of anilines is 2. The van der Waals surface area contributed by atoms with Crippen LogP contribution in [0.2, 0.25) is 0 Å². The Morgan fingerprint density at radius 2 is 2.00 bits per heavy atom. The van der Waals surface area contributed by atoms with E-state index in [1.807, 2.05) is 42.5 Å². The zero-order valence-corrected chi connectivity index (χ0v) is 15.6. The second-order valence-electron chi connectivity index (χ2n) is 6.72. The van der Waals surface area contributed by atoms with Crippen molar-refractivity contribution in [1.82, 2.24) is 9.97 Å². The lowest BCUT2D eigenvalue weighted by atomic mass is 9.98. The van der Waals surface area contributed by atoms with E-state index in [1.165, 1.54) is 6.92 Å². The third-order valence-electron chi connectivity index (χ3n) is 4.75. The van der Waals surface area contributed by atoms with Crippen LogP contribution in [-0.4, -0.2) is 28.3 Å². The van der Waals surface area contributed by atoms with Crippen LogP contribution >= 0.6 is 0 Å². The SMILES string of the molecule is CC(=O)Nc1cccc2c1CCCN2C(=O)c1cncc(-c2ccccn2)c1. The molecule has 6 heteroatoms. The van der Waals surface area contributed by atoms with Crippen LogP contribution in [0.4, 0.5) is 11.4 Å². The minimum atomic E-state index is -0.121. The molecule has 0 aliphatic carbocycles. The second-order valence-corrected chi connectivity index (χ2v) is 6.72. The van der Waals surface area contributed by atoms with Gasteiger partial charge in [-0.1, -0.05) is 12.1 Å². The largest absolute Gasteiger partial charge is 0.326 e. The molecule has 1 aromatic carbocycles. The monoisotopic (exact) mass is 372 g/mol. The molecule has 0 atom stereocenters. The van der Waals surface area contributed by atoms with E-state index in [4.69, 9.17) is 0 Å². The molecule has 0 saturated carbocycles. The fraction of sp³-hybridized carbons (Fsp3) is 0.182. The molecule has 0 radical (unpaired) electrons. The first-order valence-corrected chi connectivity index (χ1v) is 9.21. The summed E-state index contributed by atoms with van der Waals surface area (Å²) in [6, 6.07) is 13.1. The molecule has 28 heavy (non-hydrogen) atoms. The highest BCUT2D eigenvalue weighted by Gasteiger charge is 2.26. The van der Waals surface area contributed by atoms with Gasteiger partial charge < -0.3 is 10.2 Å². The number of pyridine rings is 2. The normalized spacial score (nSPS) is 13.0. The lowest BCUT2D eigenvalue weighted by Gasteiger charge is -2.31. The van der Waals surface area contributed by atoms with E-state index in [0.29, 0.717) is 12.1 Å². The quantitative estimate of drug-likeness (QED) is 0.761. The van der Waals surface area contributed by atoms with Gasteiger partial charge in [0.1, 0.15) is 0 Å². The van der Waals surface area contributed by atoms with Crippen molar-refractivity contribution in [2.75, 3.05) is 16.8 Å². The third kappa shape index (κ3) is 3.49. The summed E-state index contributed by atoms with van der Waals surface area (Å²) in [5, 5.41) is 2.87. The number of aromatic nitrogens is 2. The highest BCUT2D eigenvalue weighted by Crippen LogP contribution is 2.34. The minimum Gasteiger partial charge on any atom is -0.326 e. The van der Waals surface area contributed by atoms with E-state index < -0.39 is 0 Å². The van der Waals surface area contributed by atoms with Crippen molar-refractivity contribution >= 4 is 23.2 Å². The van der Waals surface area contributed by atoms with Gasteiger partial charge in [-0.3, -0.25) is 19.6 Å². The Hall–Kier alpha value is -3.54. The molecule has 1 N–H and O–H groups in total. The Balaban J connectivity index is 1.68. The van der Waals surface area contributed by atoms with Crippen LogP contribution in [0.5, 0.6) is 0 Å². The summed E-state index contributed by atoms with van der Waals surface area (Å²) in [6.07, 6.45) is 6.66. The molecule has 6 nitrogen and oxygen atoms in total. The molecular formula is C22H20N4O2. The predicted octanol–water partition coefficient (Wildman–Crippen LogP) is 3.70. The van der Waals surface area contributed by atoms with Gasteiger partial charge in [0, 0.05) is 49.0 Å². The minimum absolute atomic E-state index is 0.105. The van der Waals surface area contributed by atoms with Gasteiger partial charge in [-0.25, -0.2) is 0 Å². The average Bonchev–Trinajstić information content (AvgIpc) is 2.73. The third-order valence-corrected chi connectivity index (χ3v) is 4.75. The Bertz CT molecular complexity index is 1030. The predicted molar refractivity (Wildman–Crippen MR) is 108 cm³/mol. The van der Waals surface area contributed by atoms with Crippen LogP contribution in [0, 0.1) is 0 Å². The van der Waals surface area contributed by atoms with E-state index in [9.17, 15) is 9.59 Å². The van der Waals surface area contributed by atoms with Crippen molar-refractivity contribution in [2.45, 2.75) is 19.8 Å². The Morgan fingerprint density at radius 1 is 1.11 bits per heavy atom. The van der Waals surface area contributed by atoms with Gasteiger partial charge in [0.15, 0.2) is 0 Å². The number of amides is 2. The molecule has 2 amide bonds. The van der Waals surface area contributed by atoms with Crippen LogP contribution in [-0.2, 0) is 11.2 Å². The number of hydrogen-bond donors (Lipinski definition) is 1.